The van der Waals surface area contributed by atoms with Crippen molar-refractivity contribution >= 4 is 23.3 Å². The van der Waals surface area contributed by atoms with Crippen LogP contribution in [-0.2, 0) is 11.2 Å². The normalized spacial score (nSPS) is 12.6. The molecule has 1 aromatic heterocycles. The highest BCUT2D eigenvalue weighted by atomic mass is 32.2. The van der Waals surface area contributed by atoms with Gasteiger partial charge in [-0.2, -0.15) is 5.10 Å². The third-order valence-electron chi connectivity index (χ3n) is 2.67. The molecule has 0 radical (unpaired) electrons. The van der Waals surface area contributed by atoms with Gasteiger partial charge in [-0.15, -0.1) is 0 Å². The van der Waals surface area contributed by atoms with E-state index in [0.717, 1.165) is 5.56 Å². The molecule has 0 spiro atoms. The highest BCUT2D eigenvalue weighted by molar-refractivity contribution is 7.90. The van der Waals surface area contributed by atoms with Gasteiger partial charge in [-0.05, 0) is 41.5 Å². The standard InChI is InChI=1S/C14H14N2O3S/c1-19-13-9-12(20(2)18)7-4-10(13)3-5-11-6-8-14(17)16-15-11/h3-9H,1-2H3,(H,16,17). The number of nitrogens with one attached hydrogen (secondary N) is 1. The van der Waals surface area contributed by atoms with Crippen LogP contribution in [0.2, 0.25) is 0 Å². The largest absolute Gasteiger partial charge is 0.612 e. The molecule has 1 atom stereocenters. The van der Waals surface area contributed by atoms with Crippen LogP contribution in [0.25, 0.3) is 12.2 Å². The van der Waals surface area contributed by atoms with Crippen LogP contribution in [0.1, 0.15) is 11.3 Å². The van der Waals surface area contributed by atoms with Crippen molar-refractivity contribution in [2.45, 2.75) is 4.90 Å². The van der Waals surface area contributed by atoms with E-state index in [-0.39, 0.29) is 5.56 Å². The van der Waals surface area contributed by atoms with Gasteiger partial charge < -0.3 is 9.29 Å². The van der Waals surface area contributed by atoms with Crippen LogP contribution >= 0.6 is 0 Å². The van der Waals surface area contributed by atoms with E-state index >= 15 is 0 Å². The molecular formula is C14H14N2O3S. The summed E-state index contributed by atoms with van der Waals surface area (Å²) in [4.78, 5) is 11.6. The number of hydrogen-bond acceptors (Lipinski definition) is 4. The van der Waals surface area contributed by atoms with Gasteiger partial charge in [0.25, 0.3) is 5.56 Å². The molecule has 0 aliphatic rings. The van der Waals surface area contributed by atoms with Crippen molar-refractivity contribution < 1.29 is 9.29 Å². The zero-order chi connectivity index (χ0) is 14.5. The molecule has 0 saturated heterocycles. The smallest absolute Gasteiger partial charge is 0.264 e. The second-order valence-electron chi connectivity index (χ2n) is 4.04. The molecule has 104 valence electrons. The molecule has 20 heavy (non-hydrogen) atoms. The maximum atomic E-state index is 11.4. The number of aromatic nitrogens is 2. The highest BCUT2D eigenvalue weighted by Gasteiger charge is 2.08. The van der Waals surface area contributed by atoms with Crippen molar-refractivity contribution in [2.75, 3.05) is 13.4 Å². The molecular weight excluding hydrogens is 276 g/mol. The van der Waals surface area contributed by atoms with Crippen molar-refractivity contribution in [1.82, 2.24) is 10.2 Å². The first-order valence-corrected chi connectivity index (χ1v) is 7.41. The molecule has 6 heteroatoms. The summed E-state index contributed by atoms with van der Waals surface area (Å²) in [5.74, 6) is 0.637. The van der Waals surface area contributed by atoms with Crippen molar-refractivity contribution in [3.05, 3.63) is 51.9 Å². The lowest BCUT2D eigenvalue weighted by molar-refractivity contribution is 0.412. The Morgan fingerprint density at radius 3 is 2.70 bits per heavy atom. The predicted octanol–water partition coefficient (Wildman–Crippen LogP) is 1.69. The Kier molecular flexibility index (Phi) is 4.60. The molecule has 1 N–H and O–H groups in total. The van der Waals surface area contributed by atoms with E-state index in [9.17, 15) is 9.35 Å². The van der Waals surface area contributed by atoms with E-state index in [4.69, 9.17) is 4.74 Å². The second-order valence-corrected chi connectivity index (χ2v) is 5.42. The van der Waals surface area contributed by atoms with Crippen LogP contribution in [0.4, 0.5) is 0 Å². The lowest BCUT2D eigenvalue weighted by Gasteiger charge is -2.08. The average molecular weight is 290 g/mol. The van der Waals surface area contributed by atoms with Crippen molar-refractivity contribution in [1.29, 1.82) is 0 Å². The summed E-state index contributed by atoms with van der Waals surface area (Å²) in [6.07, 6.45) is 5.20. The number of methoxy groups -OCH3 is 1. The van der Waals surface area contributed by atoms with E-state index in [2.05, 4.69) is 10.2 Å². The fourth-order valence-electron chi connectivity index (χ4n) is 1.63. The first kappa shape index (κ1) is 14.4. The number of aromatic amines is 1. The number of benzene rings is 1. The van der Waals surface area contributed by atoms with Gasteiger partial charge in [-0.1, -0.05) is 0 Å². The number of rotatable bonds is 4. The van der Waals surface area contributed by atoms with Crippen molar-refractivity contribution in [2.24, 2.45) is 0 Å². The first-order chi connectivity index (χ1) is 9.60. The van der Waals surface area contributed by atoms with Crippen molar-refractivity contribution in [3.63, 3.8) is 0 Å². The molecule has 0 bridgehead atoms. The molecule has 2 rings (SSSR count). The SMILES string of the molecule is COc1cc([S+](C)[O-])ccc1C=Cc1ccc(=O)[nH]n1. The van der Waals surface area contributed by atoms with E-state index < -0.39 is 11.2 Å². The van der Waals surface area contributed by atoms with Crippen LogP contribution in [0.15, 0.2) is 40.0 Å². The van der Waals surface area contributed by atoms with Crippen molar-refractivity contribution in [3.8, 4) is 5.75 Å². The topological polar surface area (TPSA) is 78.0 Å². The van der Waals surface area contributed by atoms with Gasteiger partial charge >= 0.3 is 0 Å². The Morgan fingerprint density at radius 1 is 1.30 bits per heavy atom. The third-order valence-corrected chi connectivity index (χ3v) is 3.59. The van der Waals surface area contributed by atoms with Crippen LogP contribution in [0.5, 0.6) is 5.75 Å². The van der Waals surface area contributed by atoms with Crippen LogP contribution < -0.4 is 10.3 Å². The third kappa shape index (κ3) is 3.49. The Hall–Kier alpha value is -2.05. The number of ether oxygens (including phenoxy) is 1. The summed E-state index contributed by atoms with van der Waals surface area (Å²) < 4.78 is 16.7. The molecule has 1 heterocycles. The summed E-state index contributed by atoms with van der Waals surface area (Å²) in [7, 11) is 1.56. The molecule has 1 aromatic carbocycles. The lowest BCUT2D eigenvalue weighted by atomic mass is 10.1. The maximum Gasteiger partial charge on any atom is 0.264 e. The van der Waals surface area contributed by atoms with Gasteiger partial charge in [0, 0.05) is 17.7 Å². The Balaban J connectivity index is 2.28. The number of nitrogens with zero attached hydrogens (tertiary/aromatic N) is 1. The molecule has 1 unspecified atom stereocenters. The lowest BCUT2D eigenvalue weighted by Crippen LogP contribution is -2.05. The molecule has 0 saturated carbocycles. The Bertz CT molecular complexity index is 660. The molecule has 2 aromatic rings. The summed E-state index contributed by atoms with van der Waals surface area (Å²) in [6, 6.07) is 8.40. The van der Waals surface area contributed by atoms with Gasteiger partial charge in [-0.3, -0.25) is 4.79 Å². The van der Waals surface area contributed by atoms with Gasteiger partial charge in [0.15, 0.2) is 4.90 Å². The van der Waals surface area contributed by atoms with E-state index in [0.29, 0.717) is 16.3 Å². The van der Waals surface area contributed by atoms with Gasteiger partial charge in [0.2, 0.25) is 0 Å². The monoisotopic (exact) mass is 290 g/mol. The molecule has 0 aliphatic heterocycles. The van der Waals surface area contributed by atoms with Crippen LogP contribution in [0, 0.1) is 0 Å². The second kappa shape index (κ2) is 6.40. The minimum atomic E-state index is -1.05. The summed E-state index contributed by atoms with van der Waals surface area (Å²) in [5, 5.41) is 6.24. The van der Waals surface area contributed by atoms with Gasteiger partial charge in [0.1, 0.15) is 12.0 Å². The minimum Gasteiger partial charge on any atom is -0.612 e. The summed E-state index contributed by atoms with van der Waals surface area (Å²) in [6.45, 7) is 0. The van der Waals surface area contributed by atoms with E-state index in [1.165, 1.54) is 6.07 Å². The zero-order valence-corrected chi connectivity index (χ0v) is 11.9. The van der Waals surface area contributed by atoms with E-state index in [1.54, 1.807) is 37.6 Å². The molecule has 0 amide bonds. The Morgan fingerprint density at radius 2 is 2.10 bits per heavy atom. The fourth-order valence-corrected chi connectivity index (χ4v) is 2.16. The van der Waals surface area contributed by atoms with Crippen LogP contribution in [-0.4, -0.2) is 28.1 Å². The highest BCUT2D eigenvalue weighted by Crippen LogP contribution is 2.24. The zero-order valence-electron chi connectivity index (χ0n) is 11.1. The number of hydrogen-bond donors (Lipinski definition) is 1. The fraction of sp³-hybridized carbons (Fsp3) is 0.143. The van der Waals surface area contributed by atoms with Gasteiger partial charge in [-0.25, -0.2) is 5.10 Å². The minimum absolute atomic E-state index is 0.241. The average Bonchev–Trinajstić information content (AvgIpc) is 2.46. The van der Waals surface area contributed by atoms with E-state index in [1.807, 2.05) is 12.1 Å². The maximum absolute atomic E-state index is 11.4. The number of H-pyrrole nitrogens is 1. The predicted molar refractivity (Wildman–Crippen MR) is 79.1 cm³/mol. The molecule has 0 fully saturated rings. The molecule has 0 aliphatic carbocycles. The molecule has 5 nitrogen and oxygen atoms in total. The Labute approximate surface area is 119 Å². The summed E-state index contributed by atoms with van der Waals surface area (Å²) in [5.41, 5.74) is 1.24. The first-order valence-electron chi connectivity index (χ1n) is 5.85. The van der Waals surface area contributed by atoms with Gasteiger partial charge in [0.05, 0.1) is 12.8 Å². The quantitative estimate of drug-likeness (QED) is 0.869. The summed E-state index contributed by atoms with van der Waals surface area (Å²) >= 11 is -1.05. The van der Waals surface area contributed by atoms with Crippen LogP contribution in [0.3, 0.4) is 0 Å².